The van der Waals surface area contributed by atoms with Gasteiger partial charge in [-0.15, -0.1) is 11.3 Å². The van der Waals surface area contributed by atoms with Crippen LogP contribution in [0.15, 0.2) is 48.1 Å². The van der Waals surface area contributed by atoms with Crippen molar-refractivity contribution in [2.45, 2.75) is 6.42 Å². The van der Waals surface area contributed by atoms with E-state index in [0.717, 1.165) is 39.5 Å². The van der Waals surface area contributed by atoms with Gasteiger partial charge >= 0.3 is 0 Å². The van der Waals surface area contributed by atoms with Gasteiger partial charge in [-0.3, -0.25) is 9.29 Å². The van der Waals surface area contributed by atoms with Crippen LogP contribution in [0.4, 0.5) is 5.69 Å². The maximum absolute atomic E-state index is 11.8. The SMILES string of the molecule is CS(=O)(=O)N1CCc2cc(-c3csc(-c4cccnc4)n3)ccc21. The van der Waals surface area contributed by atoms with E-state index in [-0.39, 0.29) is 0 Å². The molecular weight excluding hydrogens is 342 g/mol. The maximum atomic E-state index is 11.8. The predicted octanol–water partition coefficient (Wildman–Crippen LogP) is 3.19. The van der Waals surface area contributed by atoms with Crippen LogP contribution in [0, 0.1) is 0 Å². The number of hydrogen-bond acceptors (Lipinski definition) is 5. The normalized spacial score (nSPS) is 14.0. The van der Waals surface area contributed by atoms with Gasteiger partial charge in [-0.1, -0.05) is 6.07 Å². The van der Waals surface area contributed by atoms with Crippen molar-refractivity contribution < 1.29 is 8.42 Å². The third-order valence-corrected chi connectivity index (χ3v) is 6.11. The van der Waals surface area contributed by atoms with Gasteiger partial charge in [0, 0.05) is 35.4 Å². The van der Waals surface area contributed by atoms with Gasteiger partial charge in [0.1, 0.15) is 5.01 Å². The number of aromatic nitrogens is 2. The molecule has 0 unspecified atom stereocenters. The van der Waals surface area contributed by atoms with Crippen molar-refractivity contribution in [3.05, 3.63) is 53.7 Å². The van der Waals surface area contributed by atoms with Gasteiger partial charge in [-0.25, -0.2) is 13.4 Å². The Hall–Kier alpha value is -2.25. The van der Waals surface area contributed by atoms with E-state index in [4.69, 9.17) is 4.98 Å². The van der Waals surface area contributed by atoms with E-state index in [9.17, 15) is 8.42 Å². The topological polar surface area (TPSA) is 63.2 Å². The molecule has 0 bridgehead atoms. The summed E-state index contributed by atoms with van der Waals surface area (Å²) in [5, 5.41) is 2.95. The third-order valence-electron chi connectivity index (χ3n) is 4.04. The highest BCUT2D eigenvalue weighted by molar-refractivity contribution is 7.92. The highest BCUT2D eigenvalue weighted by Gasteiger charge is 2.26. The molecule has 0 aliphatic carbocycles. The average molecular weight is 357 g/mol. The van der Waals surface area contributed by atoms with Crippen LogP contribution in [-0.2, 0) is 16.4 Å². The van der Waals surface area contributed by atoms with Gasteiger partial charge in [0.2, 0.25) is 10.0 Å². The number of fused-ring (bicyclic) bond motifs is 1. The molecule has 0 N–H and O–H groups in total. The zero-order valence-electron chi connectivity index (χ0n) is 13.0. The van der Waals surface area contributed by atoms with Crippen LogP contribution in [0.3, 0.4) is 0 Å². The summed E-state index contributed by atoms with van der Waals surface area (Å²) in [6, 6.07) is 9.74. The van der Waals surface area contributed by atoms with Crippen molar-refractivity contribution in [3.8, 4) is 21.8 Å². The molecule has 0 atom stereocenters. The molecule has 1 aliphatic heterocycles. The molecule has 0 radical (unpaired) electrons. The van der Waals surface area contributed by atoms with E-state index in [1.54, 1.807) is 23.7 Å². The van der Waals surface area contributed by atoms with Crippen LogP contribution in [0.2, 0.25) is 0 Å². The number of nitrogens with zero attached hydrogens (tertiary/aromatic N) is 3. The summed E-state index contributed by atoms with van der Waals surface area (Å²) in [4.78, 5) is 8.82. The molecule has 7 heteroatoms. The summed E-state index contributed by atoms with van der Waals surface area (Å²) < 4.78 is 25.1. The number of rotatable bonds is 3. The first-order valence-corrected chi connectivity index (χ1v) is 10.2. The Morgan fingerprint density at radius 2 is 2.08 bits per heavy atom. The summed E-state index contributed by atoms with van der Waals surface area (Å²) in [5.41, 5.74) is 4.74. The van der Waals surface area contributed by atoms with Gasteiger partial charge in [-0.05, 0) is 36.2 Å². The van der Waals surface area contributed by atoms with E-state index in [1.165, 1.54) is 10.6 Å². The maximum Gasteiger partial charge on any atom is 0.232 e. The second-order valence-electron chi connectivity index (χ2n) is 5.71. The fourth-order valence-electron chi connectivity index (χ4n) is 2.90. The van der Waals surface area contributed by atoms with E-state index >= 15 is 0 Å². The molecule has 5 nitrogen and oxygen atoms in total. The zero-order valence-corrected chi connectivity index (χ0v) is 14.6. The number of hydrogen-bond donors (Lipinski definition) is 0. The average Bonchev–Trinajstić information content (AvgIpc) is 3.21. The minimum Gasteiger partial charge on any atom is -0.270 e. The molecule has 4 rings (SSSR count). The summed E-state index contributed by atoms with van der Waals surface area (Å²) in [6.07, 6.45) is 5.52. The van der Waals surface area contributed by atoms with Crippen molar-refractivity contribution in [3.63, 3.8) is 0 Å². The Morgan fingerprint density at radius 1 is 1.21 bits per heavy atom. The molecule has 122 valence electrons. The van der Waals surface area contributed by atoms with Crippen LogP contribution in [-0.4, -0.2) is 31.2 Å². The fraction of sp³-hybridized carbons (Fsp3) is 0.176. The van der Waals surface area contributed by atoms with Crippen molar-refractivity contribution in [1.29, 1.82) is 0 Å². The molecule has 24 heavy (non-hydrogen) atoms. The van der Waals surface area contributed by atoms with E-state index in [0.29, 0.717) is 6.54 Å². The number of benzene rings is 1. The molecule has 0 amide bonds. The van der Waals surface area contributed by atoms with Gasteiger partial charge in [0.05, 0.1) is 17.6 Å². The lowest BCUT2D eigenvalue weighted by Crippen LogP contribution is -2.27. The smallest absolute Gasteiger partial charge is 0.232 e. The quantitative estimate of drug-likeness (QED) is 0.722. The molecule has 2 aromatic heterocycles. The minimum absolute atomic E-state index is 0.510. The molecule has 0 saturated heterocycles. The van der Waals surface area contributed by atoms with Gasteiger partial charge in [-0.2, -0.15) is 0 Å². The van der Waals surface area contributed by atoms with Crippen molar-refractivity contribution in [2.75, 3.05) is 17.1 Å². The Morgan fingerprint density at radius 3 is 2.83 bits per heavy atom. The zero-order chi connectivity index (χ0) is 16.7. The molecule has 3 aromatic rings. The molecule has 1 aromatic carbocycles. The lowest BCUT2D eigenvalue weighted by Gasteiger charge is -2.16. The highest BCUT2D eigenvalue weighted by atomic mass is 32.2. The molecule has 1 aliphatic rings. The first-order chi connectivity index (χ1) is 11.5. The van der Waals surface area contributed by atoms with Crippen molar-refractivity contribution >= 4 is 27.0 Å². The van der Waals surface area contributed by atoms with Gasteiger partial charge in [0.25, 0.3) is 0 Å². The van der Waals surface area contributed by atoms with Crippen molar-refractivity contribution in [2.24, 2.45) is 0 Å². The van der Waals surface area contributed by atoms with E-state index in [2.05, 4.69) is 4.98 Å². The second-order valence-corrected chi connectivity index (χ2v) is 8.47. The first-order valence-electron chi connectivity index (χ1n) is 7.49. The summed E-state index contributed by atoms with van der Waals surface area (Å²) in [6.45, 7) is 0.510. The highest BCUT2D eigenvalue weighted by Crippen LogP contribution is 2.35. The predicted molar refractivity (Wildman–Crippen MR) is 96.7 cm³/mol. The fourth-order valence-corrected chi connectivity index (χ4v) is 4.68. The largest absolute Gasteiger partial charge is 0.270 e. The third kappa shape index (κ3) is 2.70. The van der Waals surface area contributed by atoms with Crippen LogP contribution >= 0.6 is 11.3 Å². The lowest BCUT2D eigenvalue weighted by molar-refractivity contribution is 0.598. The molecule has 0 fully saturated rings. The monoisotopic (exact) mass is 357 g/mol. The number of sulfonamides is 1. The summed E-state index contributed by atoms with van der Waals surface area (Å²) in [7, 11) is -3.21. The van der Waals surface area contributed by atoms with Gasteiger partial charge < -0.3 is 0 Å². The van der Waals surface area contributed by atoms with Crippen molar-refractivity contribution in [1.82, 2.24) is 9.97 Å². The molecule has 0 saturated carbocycles. The first kappa shape index (κ1) is 15.3. The van der Waals surface area contributed by atoms with Gasteiger partial charge in [0.15, 0.2) is 0 Å². The standard InChI is InChI=1S/C17H15N3O2S2/c1-24(21,22)20-8-6-13-9-12(4-5-16(13)20)15-11-23-17(19-15)14-3-2-7-18-10-14/h2-5,7,9-11H,6,8H2,1H3. The molecule has 3 heterocycles. The minimum atomic E-state index is -3.21. The van der Waals surface area contributed by atoms with Crippen LogP contribution < -0.4 is 4.31 Å². The second kappa shape index (κ2) is 5.68. The Labute approximate surface area is 144 Å². The van der Waals surface area contributed by atoms with E-state index in [1.807, 2.05) is 35.7 Å². The number of thiazole rings is 1. The summed E-state index contributed by atoms with van der Waals surface area (Å²) in [5.74, 6) is 0. The Bertz CT molecular complexity index is 998. The number of anilines is 1. The number of pyridine rings is 1. The van der Waals surface area contributed by atoms with Crippen LogP contribution in [0.25, 0.3) is 21.8 Å². The lowest BCUT2D eigenvalue weighted by atomic mass is 10.1. The molecule has 0 spiro atoms. The molecular formula is C17H15N3O2S2. The summed E-state index contributed by atoms with van der Waals surface area (Å²) >= 11 is 1.58. The van der Waals surface area contributed by atoms with Crippen LogP contribution in [0.1, 0.15) is 5.56 Å². The Kier molecular flexibility index (Phi) is 3.62. The Balaban J connectivity index is 1.69. The van der Waals surface area contributed by atoms with Crippen LogP contribution in [0.5, 0.6) is 0 Å². The van der Waals surface area contributed by atoms with E-state index < -0.39 is 10.0 Å².